The van der Waals surface area contributed by atoms with Crippen molar-refractivity contribution < 1.29 is 13.9 Å². The van der Waals surface area contributed by atoms with E-state index >= 15 is 0 Å². The summed E-state index contributed by atoms with van der Waals surface area (Å²) in [4.78, 5) is 11.8. The van der Waals surface area contributed by atoms with E-state index in [4.69, 9.17) is 4.74 Å². The van der Waals surface area contributed by atoms with Crippen molar-refractivity contribution >= 4 is 45.9 Å². The summed E-state index contributed by atoms with van der Waals surface area (Å²) in [5, 5.41) is 4.36. The van der Waals surface area contributed by atoms with Crippen LogP contribution in [-0.2, 0) is 9.53 Å². The Morgan fingerprint density at radius 3 is 2.86 bits per heavy atom. The number of allylic oxidation sites excluding steroid dienone is 1. The van der Waals surface area contributed by atoms with Gasteiger partial charge < -0.3 is 4.74 Å². The van der Waals surface area contributed by atoms with E-state index < -0.39 is 5.97 Å². The lowest BCUT2D eigenvalue weighted by atomic mass is 10.3. The molecule has 1 heterocycles. The normalized spacial score (nSPS) is 12.0. The van der Waals surface area contributed by atoms with Gasteiger partial charge in [0.25, 0.3) is 0 Å². The lowest BCUT2D eigenvalue weighted by Gasteiger charge is -2.09. The molecular weight excluding hydrogens is 311 g/mol. The quantitative estimate of drug-likeness (QED) is 0.296. The van der Waals surface area contributed by atoms with Gasteiger partial charge in [0.15, 0.2) is 0 Å². The lowest BCUT2D eigenvalue weighted by molar-refractivity contribution is -0.137. The predicted molar refractivity (Wildman–Crippen MR) is 84.8 cm³/mol. The van der Waals surface area contributed by atoms with Crippen molar-refractivity contribution in [3.8, 4) is 0 Å². The van der Waals surface area contributed by atoms with Crippen LogP contribution in [0.1, 0.15) is 13.8 Å². The van der Waals surface area contributed by atoms with Gasteiger partial charge in [0.05, 0.1) is 4.21 Å². The summed E-state index contributed by atoms with van der Waals surface area (Å²) < 4.78 is 20.2. The van der Waals surface area contributed by atoms with Crippen molar-refractivity contribution in [3.63, 3.8) is 0 Å². The molecule has 0 aliphatic heterocycles. The molecule has 7 heteroatoms. The molecule has 0 atom stereocenters. The number of hydrogen-bond acceptors (Lipinski definition) is 6. The van der Waals surface area contributed by atoms with Crippen molar-refractivity contribution in [2.24, 2.45) is 5.10 Å². The van der Waals surface area contributed by atoms with E-state index in [2.05, 4.69) is 17.2 Å². The predicted octanol–water partition coefficient (Wildman–Crippen LogP) is 4.09. The van der Waals surface area contributed by atoms with Gasteiger partial charge in [-0.1, -0.05) is 11.8 Å². The molecule has 0 aliphatic rings. The fourth-order valence-corrected chi connectivity index (χ4v) is 3.88. The van der Waals surface area contributed by atoms with Crippen LogP contribution in [0.2, 0.25) is 0 Å². The maximum atomic E-state index is 13.2. The SMILES string of the molecule is C=NN/C(OC(C)=O)=C(\C)Sc1cc2cc(F)ccc2s1. The van der Waals surface area contributed by atoms with Crippen molar-refractivity contribution in [1.29, 1.82) is 0 Å². The number of carbonyl (C=O) groups excluding carboxylic acids is 1. The lowest BCUT2D eigenvalue weighted by Crippen LogP contribution is -2.12. The van der Waals surface area contributed by atoms with Crippen molar-refractivity contribution in [3.05, 3.63) is 40.9 Å². The first-order valence-electron chi connectivity index (χ1n) is 5.97. The number of esters is 1. The van der Waals surface area contributed by atoms with Crippen molar-refractivity contribution in [1.82, 2.24) is 5.43 Å². The molecule has 0 bridgehead atoms. The Bertz CT molecular complexity index is 725. The number of nitrogens with zero attached hydrogens (tertiary/aromatic N) is 1. The molecule has 0 amide bonds. The molecule has 1 aromatic heterocycles. The average molecular weight is 324 g/mol. The number of hydrazone groups is 1. The van der Waals surface area contributed by atoms with Crippen LogP contribution in [0.4, 0.5) is 4.39 Å². The van der Waals surface area contributed by atoms with E-state index in [0.29, 0.717) is 0 Å². The summed E-state index contributed by atoms with van der Waals surface area (Å²) in [5.41, 5.74) is 2.55. The van der Waals surface area contributed by atoms with Crippen LogP contribution in [0.15, 0.2) is 44.4 Å². The van der Waals surface area contributed by atoms with Crippen LogP contribution < -0.4 is 5.43 Å². The van der Waals surface area contributed by atoms with E-state index in [0.717, 1.165) is 19.2 Å². The number of ether oxygens (including phenoxy) is 1. The highest BCUT2D eigenvalue weighted by Gasteiger charge is 2.10. The number of halogens is 1. The first-order valence-corrected chi connectivity index (χ1v) is 7.61. The molecule has 2 aromatic rings. The number of carbonyl (C=O) groups is 1. The number of rotatable bonds is 5. The number of thioether (sulfide) groups is 1. The Labute approximate surface area is 129 Å². The summed E-state index contributed by atoms with van der Waals surface area (Å²) in [5.74, 6) is -0.465. The highest BCUT2D eigenvalue weighted by atomic mass is 32.2. The van der Waals surface area contributed by atoms with Gasteiger partial charge in [-0.2, -0.15) is 5.10 Å². The van der Waals surface area contributed by atoms with Crippen LogP contribution in [0.5, 0.6) is 0 Å². The first kappa shape index (κ1) is 15.5. The Hall–Kier alpha value is -1.86. The van der Waals surface area contributed by atoms with E-state index in [1.165, 1.54) is 42.2 Å². The van der Waals surface area contributed by atoms with Gasteiger partial charge >= 0.3 is 5.97 Å². The smallest absolute Gasteiger partial charge is 0.309 e. The third-order valence-corrected chi connectivity index (χ3v) is 4.68. The average Bonchev–Trinajstić information content (AvgIpc) is 2.79. The van der Waals surface area contributed by atoms with Crippen molar-refractivity contribution in [2.75, 3.05) is 0 Å². The van der Waals surface area contributed by atoms with Gasteiger partial charge in [0.1, 0.15) is 5.82 Å². The second-order valence-corrected chi connectivity index (χ2v) is 6.70. The standard InChI is InChI=1S/C14H13FN2O2S2/c1-8(14(17-16-3)19-9(2)18)20-13-7-10-6-11(15)4-5-12(10)21-13/h4-7,17H,3H2,1-2H3/b14-8-. The number of benzene rings is 1. The number of nitrogens with one attached hydrogen (secondary N) is 1. The summed E-state index contributed by atoms with van der Waals surface area (Å²) in [7, 11) is 0. The van der Waals surface area contributed by atoms with Gasteiger partial charge in [-0.05, 0) is 36.6 Å². The molecule has 0 spiro atoms. The van der Waals surface area contributed by atoms with Crippen LogP contribution in [0.25, 0.3) is 10.1 Å². The summed E-state index contributed by atoms with van der Waals surface area (Å²) in [6.07, 6.45) is 0. The van der Waals surface area contributed by atoms with Gasteiger partial charge in [0, 0.05) is 23.2 Å². The minimum absolute atomic E-state index is 0.242. The largest absolute Gasteiger partial charge is 0.407 e. The molecule has 0 radical (unpaired) electrons. The van der Waals surface area contributed by atoms with Gasteiger partial charge in [0.2, 0.25) is 5.88 Å². The van der Waals surface area contributed by atoms with E-state index in [-0.39, 0.29) is 11.7 Å². The molecule has 0 unspecified atom stereocenters. The Kier molecular flexibility index (Phi) is 4.98. The van der Waals surface area contributed by atoms with E-state index in [9.17, 15) is 9.18 Å². The van der Waals surface area contributed by atoms with Crippen LogP contribution in [-0.4, -0.2) is 12.7 Å². The van der Waals surface area contributed by atoms with Gasteiger partial charge in [-0.25, -0.2) is 9.82 Å². The summed E-state index contributed by atoms with van der Waals surface area (Å²) in [6.45, 7) is 6.41. The van der Waals surface area contributed by atoms with Crippen molar-refractivity contribution in [2.45, 2.75) is 18.1 Å². The molecule has 0 saturated carbocycles. The molecule has 0 saturated heterocycles. The van der Waals surface area contributed by atoms with Crippen LogP contribution in [0, 0.1) is 5.82 Å². The minimum atomic E-state index is -0.445. The Balaban J connectivity index is 2.27. The van der Waals surface area contributed by atoms with E-state index in [1.807, 2.05) is 6.07 Å². The van der Waals surface area contributed by atoms with Crippen LogP contribution in [0.3, 0.4) is 0 Å². The molecule has 1 N–H and O–H groups in total. The zero-order chi connectivity index (χ0) is 15.4. The second-order valence-electron chi connectivity index (χ2n) is 4.10. The highest BCUT2D eigenvalue weighted by molar-refractivity contribution is 8.04. The van der Waals surface area contributed by atoms with E-state index in [1.54, 1.807) is 13.0 Å². The first-order chi connectivity index (χ1) is 9.99. The number of hydrogen-bond donors (Lipinski definition) is 1. The molecule has 0 aliphatic carbocycles. The molecule has 110 valence electrons. The fraction of sp³-hybridized carbons (Fsp3) is 0.143. The number of thiophene rings is 1. The zero-order valence-electron chi connectivity index (χ0n) is 11.5. The Morgan fingerprint density at radius 2 is 2.19 bits per heavy atom. The van der Waals surface area contributed by atoms with Gasteiger partial charge in [-0.3, -0.25) is 4.79 Å². The van der Waals surface area contributed by atoms with Crippen LogP contribution >= 0.6 is 23.1 Å². The second kappa shape index (κ2) is 6.73. The van der Waals surface area contributed by atoms with Gasteiger partial charge in [-0.15, -0.1) is 11.3 Å². The molecular formula is C14H13FN2O2S2. The highest BCUT2D eigenvalue weighted by Crippen LogP contribution is 2.37. The third-order valence-electron chi connectivity index (χ3n) is 2.46. The maximum absolute atomic E-state index is 13.2. The zero-order valence-corrected chi connectivity index (χ0v) is 13.1. The minimum Gasteiger partial charge on any atom is -0.407 e. The number of fused-ring (bicyclic) bond motifs is 1. The molecule has 4 nitrogen and oxygen atoms in total. The maximum Gasteiger partial charge on any atom is 0.309 e. The molecule has 21 heavy (non-hydrogen) atoms. The molecule has 2 rings (SSSR count). The fourth-order valence-electron chi connectivity index (χ4n) is 1.63. The topological polar surface area (TPSA) is 50.7 Å². The summed E-state index contributed by atoms with van der Waals surface area (Å²) >= 11 is 2.95. The molecule has 0 fully saturated rings. The summed E-state index contributed by atoms with van der Waals surface area (Å²) in [6, 6.07) is 6.56. The monoisotopic (exact) mass is 324 g/mol. The molecule has 1 aromatic carbocycles. The third kappa shape index (κ3) is 4.05. The Morgan fingerprint density at radius 1 is 1.43 bits per heavy atom.